The highest BCUT2D eigenvalue weighted by Crippen LogP contribution is 2.24. The van der Waals surface area contributed by atoms with Crippen LogP contribution in [0.1, 0.15) is 11.7 Å². The molecule has 1 aromatic heterocycles. The minimum atomic E-state index is -0.977. The van der Waals surface area contributed by atoms with Crippen molar-refractivity contribution in [3.8, 4) is 0 Å². The standard InChI is InChI=1S/C9H11NO3/c11-9(12)7-5-10-4-6(7)8-2-1-3-13-8/h1-3,6-7,10H,4-5H2,(H,11,12)/t6-,7-/m1/s1. The van der Waals surface area contributed by atoms with E-state index in [1.54, 1.807) is 12.3 Å². The van der Waals surface area contributed by atoms with Crippen LogP contribution in [0.2, 0.25) is 0 Å². The van der Waals surface area contributed by atoms with E-state index < -0.39 is 11.9 Å². The average molecular weight is 181 g/mol. The zero-order valence-electron chi connectivity index (χ0n) is 7.10. The van der Waals surface area contributed by atoms with E-state index in [9.17, 15) is 9.90 Å². The predicted molar refractivity (Wildman–Crippen MR) is 41.6 cm³/mol. The van der Waals surface area contributed by atoms with Crippen LogP contribution in [0.15, 0.2) is 22.8 Å². The van der Waals surface area contributed by atoms with Crippen LogP contribution in [0.25, 0.3) is 0 Å². The van der Waals surface area contributed by atoms with Crippen molar-refractivity contribution in [3.63, 3.8) is 0 Å². The number of quaternary nitrogens is 1. The maximum absolute atomic E-state index is 10.7. The molecule has 1 fully saturated rings. The topological polar surface area (TPSA) is 69.9 Å². The third-order valence-electron chi connectivity index (χ3n) is 2.54. The molecular formula is C9H11NO3. The molecule has 1 aromatic rings. The van der Waals surface area contributed by atoms with Gasteiger partial charge in [-0.3, -0.25) is 0 Å². The van der Waals surface area contributed by atoms with Gasteiger partial charge in [0.05, 0.1) is 37.2 Å². The van der Waals surface area contributed by atoms with Crippen LogP contribution in [0.5, 0.6) is 0 Å². The smallest absolute Gasteiger partial charge is 0.113 e. The van der Waals surface area contributed by atoms with Gasteiger partial charge in [-0.25, -0.2) is 0 Å². The molecule has 1 aliphatic rings. The van der Waals surface area contributed by atoms with Crippen LogP contribution in [0.3, 0.4) is 0 Å². The number of aliphatic carboxylic acids is 1. The van der Waals surface area contributed by atoms with Crippen molar-refractivity contribution >= 4 is 5.97 Å². The Bertz CT molecular complexity index is 294. The number of hydrogen-bond acceptors (Lipinski definition) is 3. The second-order valence-corrected chi connectivity index (χ2v) is 3.31. The minimum absolute atomic E-state index is 0.0278. The van der Waals surface area contributed by atoms with Crippen LogP contribution in [0, 0.1) is 5.92 Å². The lowest BCUT2D eigenvalue weighted by Crippen LogP contribution is -2.81. The zero-order valence-corrected chi connectivity index (χ0v) is 7.10. The zero-order chi connectivity index (χ0) is 9.26. The van der Waals surface area contributed by atoms with Crippen molar-refractivity contribution in [1.82, 2.24) is 0 Å². The molecule has 70 valence electrons. The summed E-state index contributed by atoms with van der Waals surface area (Å²) in [6.07, 6.45) is 1.57. The highest BCUT2D eigenvalue weighted by atomic mass is 16.4. The summed E-state index contributed by atoms with van der Waals surface area (Å²) in [6.45, 7) is 1.36. The fourth-order valence-corrected chi connectivity index (χ4v) is 1.86. The van der Waals surface area contributed by atoms with Crippen LogP contribution in [-0.2, 0) is 4.79 Å². The van der Waals surface area contributed by atoms with E-state index in [1.807, 2.05) is 11.4 Å². The number of carboxylic acids is 1. The first-order valence-corrected chi connectivity index (χ1v) is 4.35. The van der Waals surface area contributed by atoms with E-state index in [4.69, 9.17) is 4.42 Å². The molecule has 1 aliphatic heterocycles. The van der Waals surface area contributed by atoms with Gasteiger partial charge in [0.2, 0.25) is 0 Å². The number of carboxylic acid groups (broad SMARTS) is 1. The Morgan fingerprint density at radius 1 is 1.62 bits per heavy atom. The first kappa shape index (κ1) is 8.31. The summed E-state index contributed by atoms with van der Waals surface area (Å²) in [5, 5.41) is 12.7. The number of nitrogens with two attached hydrogens (primary N) is 1. The highest BCUT2D eigenvalue weighted by Gasteiger charge is 2.34. The number of carbonyl (C=O) groups is 1. The molecule has 0 aliphatic carbocycles. The lowest BCUT2D eigenvalue weighted by atomic mass is 9.94. The summed E-state index contributed by atoms with van der Waals surface area (Å²) < 4.78 is 5.19. The number of carbonyl (C=O) groups excluding carboxylic acids is 1. The predicted octanol–water partition coefficient (Wildman–Crippen LogP) is -1.69. The fourth-order valence-electron chi connectivity index (χ4n) is 1.86. The van der Waals surface area contributed by atoms with Crippen LogP contribution >= 0.6 is 0 Å². The lowest BCUT2D eigenvalue weighted by molar-refractivity contribution is -0.638. The summed E-state index contributed by atoms with van der Waals surface area (Å²) in [7, 11) is 0. The monoisotopic (exact) mass is 181 g/mol. The second-order valence-electron chi connectivity index (χ2n) is 3.31. The van der Waals surface area contributed by atoms with Gasteiger partial charge in [0, 0.05) is 0 Å². The largest absolute Gasteiger partial charge is 0.550 e. The molecule has 2 atom stereocenters. The highest BCUT2D eigenvalue weighted by molar-refractivity contribution is 5.69. The summed E-state index contributed by atoms with van der Waals surface area (Å²) in [6, 6.07) is 3.60. The maximum Gasteiger partial charge on any atom is 0.113 e. The van der Waals surface area contributed by atoms with Gasteiger partial charge in [0.1, 0.15) is 5.76 Å². The fraction of sp³-hybridized carbons (Fsp3) is 0.444. The quantitative estimate of drug-likeness (QED) is 0.591. The van der Waals surface area contributed by atoms with Crippen molar-refractivity contribution in [3.05, 3.63) is 24.2 Å². The van der Waals surface area contributed by atoms with Gasteiger partial charge in [-0.05, 0) is 12.1 Å². The lowest BCUT2D eigenvalue weighted by Gasteiger charge is -2.13. The molecule has 0 radical (unpaired) electrons. The van der Waals surface area contributed by atoms with Gasteiger partial charge in [-0.1, -0.05) is 0 Å². The Kier molecular flexibility index (Phi) is 2.06. The van der Waals surface area contributed by atoms with Crippen molar-refractivity contribution in [2.75, 3.05) is 13.1 Å². The van der Waals surface area contributed by atoms with Gasteiger partial charge in [-0.15, -0.1) is 0 Å². The van der Waals surface area contributed by atoms with E-state index >= 15 is 0 Å². The molecule has 0 saturated carbocycles. The van der Waals surface area contributed by atoms with Gasteiger partial charge < -0.3 is 19.6 Å². The summed E-state index contributed by atoms with van der Waals surface area (Å²) in [5.74, 6) is -0.663. The number of rotatable bonds is 2. The Balaban J connectivity index is 2.19. The maximum atomic E-state index is 10.7. The Morgan fingerprint density at radius 3 is 3.08 bits per heavy atom. The number of furan rings is 1. The molecule has 1 saturated heterocycles. The van der Waals surface area contributed by atoms with E-state index in [0.29, 0.717) is 6.54 Å². The van der Waals surface area contributed by atoms with Crippen molar-refractivity contribution in [1.29, 1.82) is 0 Å². The van der Waals surface area contributed by atoms with Crippen molar-refractivity contribution in [2.24, 2.45) is 5.92 Å². The van der Waals surface area contributed by atoms with Gasteiger partial charge in [0.25, 0.3) is 0 Å². The third kappa shape index (κ3) is 1.45. The molecule has 0 aromatic carbocycles. The third-order valence-corrected chi connectivity index (χ3v) is 2.54. The van der Waals surface area contributed by atoms with Gasteiger partial charge in [0.15, 0.2) is 0 Å². The molecule has 0 spiro atoms. The summed E-state index contributed by atoms with van der Waals surface area (Å²) >= 11 is 0. The SMILES string of the molecule is O=C([O-])[C@@H]1C[NH2+]C[C@H]1c1ccco1. The van der Waals surface area contributed by atoms with Crippen LogP contribution in [0.4, 0.5) is 0 Å². The first-order valence-electron chi connectivity index (χ1n) is 4.35. The molecule has 13 heavy (non-hydrogen) atoms. The number of hydrogen-bond donors (Lipinski definition) is 1. The molecule has 2 heterocycles. The van der Waals surface area contributed by atoms with Gasteiger partial charge in [-0.2, -0.15) is 0 Å². The van der Waals surface area contributed by atoms with E-state index in [0.717, 1.165) is 12.3 Å². The Morgan fingerprint density at radius 2 is 2.46 bits per heavy atom. The second kappa shape index (κ2) is 3.22. The molecule has 0 bridgehead atoms. The minimum Gasteiger partial charge on any atom is -0.550 e. The molecule has 4 heteroatoms. The van der Waals surface area contributed by atoms with Crippen LogP contribution < -0.4 is 10.4 Å². The van der Waals surface area contributed by atoms with Gasteiger partial charge >= 0.3 is 0 Å². The van der Waals surface area contributed by atoms with E-state index in [-0.39, 0.29) is 5.92 Å². The summed E-state index contributed by atoms with van der Waals surface area (Å²) in [4.78, 5) is 10.7. The normalized spacial score (nSPS) is 27.7. The molecule has 0 unspecified atom stereocenters. The summed E-state index contributed by atoms with van der Waals surface area (Å²) in [5.41, 5.74) is 0. The van der Waals surface area contributed by atoms with Crippen LogP contribution in [-0.4, -0.2) is 19.1 Å². The molecule has 4 nitrogen and oxygen atoms in total. The van der Waals surface area contributed by atoms with E-state index in [1.165, 1.54) is 0 Å². The first-order chi connectivity index (χ1) is 6.29. The molecule has 2 N–H and O–H groups in total. The molecule has 0 amide bonds. The van der Waals surface area contributed by atoms with Crippen molar-refractivity contribution < 1.29 is 19.6 Å². The average Bonchev–Trinajstić information content (AvgIpc) is 2.74. The Hall–Kier alpha value is -1.29. The molecule has 2 rings (SSSR count). The molecular weight excluding hydrogens is 170 g/mol. The van der Waals surface area contributed by atoms with Crippen molar-refractivity contribution in [2.45, 2.75) is 5.92 Å². The Labute approximate surface area is 75.6 Å². The van der Waals surface area contributed by atoms with E-state index in [2.05, 4.69) is 0 Å².